The lowest BCUT2D eigenvalue weighted by Crippen LogP contribution is -2.50. The van der Waals surface area contributed by atoms with Crippen LogP contribution in [0, 0.1) is 17.2 Å². The minimum atomic E-state index is -1.05. The van der Waals surface area contributed by atoms with E-state index >= 15 is 0 Å². The number of carboxylic acid groups (broad SMARTS) is 1. The standard InChI is InChI=1S/C22H25ClFN3O3/c23-17-13-25-21(26-14-17)27-8-6-22(7-9-27)5-3-16(22)4-10-30-18-2-1-15(11-20(28)29)19(24)12-18/h1-2,12-14,16H,3-11H2,(H,28,29). The number of aromatic nitrogens is 2. The van der Waals surface area contributed by atoms with Gasteiger partial charge in [-0.15, -0.1) is 0 Å². The molecule has 1 unspecified atom stereocenters. The van der Waals surface area contributed by atoms with Crippen LogP contribution >= 0.6 is 11.6 Å². The third-order valence-electron chi connectivity index (χ3n) is 6.61. The average molecular weight is 434 g/mol. The third kappa shape index (κ3) is 4.51. The van der Waals surface area contributed by atoms with E-state index in [0.717, 1.165) is 38.3 Å². The van der Waals surface area contributed by atoms with Crippen LogP contribution in [0.15, 0.2) is 30.6 Å². The fourth-order valence-corrected chi connectivity index (χ4v) is 4.83. The summed E-state index contributed by atoms with van der Waals surface area (Å²) in [7, 11) is 0. The quantitative estimate of drug-likeness (QED) is 0.699. The van der Waals surface area contributed by atoms with Crippen molar-refractivity contribution < 1.29 is 19.0 Å². The lowest BCUT2D eigenvalue weighted by Gasteiger charge is -2.54. The highest BCUT2D eigenvalue weighted by molar-refractivity contribution is 6.30. The van der Waals surface area contributed by atoms with Gasteiger partial charge in [-0.05, 0) is 55.1 Å². The number of hydrogen-bond donors (Lipinski definition) is 1. The minimum absolute atomic E-state index is 0.171. The number of aliphatic carboxylic acids is 1. The molecule has 0 radical (unpaired) electrons. The van der Waals surface area contributed by atoms with Crippen molar-refractivity contribution in [3.05, 3.63) is 47.0 Å². The molecule has 2 fully saturated rings. The van der Waals surface area contributed by atoms with Gasteiger partial charge in [0.05, 0.1) is 30.4 Å². The number of carboxylic acids is 1. The van der Waals surface area contributed by atoms with Crippen LogP contribution in [0.5, 0.6) is 5.75 Å². The topological polar surface area (TPSA) is 75.6 Å². The Balaban J connectivity index is 1.26. The van der Waals surface area contributed by atoms with E-state index in [4.69, 9.17) is 21.4 Å². The van der Waals surface area contributed by atoms with Gasteiger partial charge in [-0.2, -0.15) is 0 Å². The van der Waals surface area contributed by atoms with Gasteiger partial charge >= 0.3 is 5.97 Å². The van der Waals surface area contributed by atoms with Gasteiger partial charge in [0, 0.05) is 19.2 Å². The second kappa shape index (κ2) is 8.76. The van der Waals surface area contributed by atoms with Crippen molar-refractivity contribution in [1.82, 2.24) is 9.97 Å². The Morgan fingerprint density at radius 3 is 2.60 bits per heavy atom. The average Bonchev–Trinajstić information content (AvgIpc) is 2.73. The van der Waals surface area contributed by atoms with Crippen molar-refractivity contribution in [3.8, 4) is 5.75 Å². The molecule has 1 aromatic heterocycles. The van der Waals surface area contributed by atoms with Crippen LogP contribution in [0.1, 0.15) is 37.7 Å². The van der Waals surface area contributed by atoms with E-state index in [1.807, 2.05) is 0 Å². The lowest BCUT2D eigenvalue weighted by molar-refractivity contribution is -0.136. The fraction of sp³-hybridized carbons (Fsp3) is 0.500. The van der Waals surface area contributed by atoms with E-state index in [9.17, 15) is 9.18 Å². The first kappa shape index (κ1) is 20.8. The summed E-state index contributed by atoms with van der Waals surface area (Å²) >= 11 is 5.88. The van der Waals surface area contributed by atoms with Crippen LogP contribution < -0.4 is 9.64 Å². The highest BCUT2D eigenvalue weighted by Crippen LogP contribution is 2.55. The molecule has 8 heteroatoms. The van der Waals surface area contributed by atoms with Crippen molar-refractivity contribution in [3.63, 3.8) is 0 Å². The zero-order valence-electron chi connectivity index (χ0n) is 16.7. The molecule has 160 valence electrons. The molecule has 6 nitrogen and oxygen atoms in total. The first-order valence-corrected chi connectivity index (χ1v) is 10.7. The van der Waals surface area contributed by atoms with Gasteiger partial charge in [0.15, 0.2) is 0 Å². The smallest absolute Gasteiger partial charge is 0.307 e. The predicted molar refractivity (Wildman–Crippen MR) is 111 cm³/mol. The minimum Gasteiger partial charge on any atom is -0.493 e. The summed E-state index contributed by atoms with van der Waals surface area (Å²) in [5, 5.41) is 9.34. The van der Waals surface area contributed by atoms with E-state index in [2.05, 4.69) is 14.9 Å². The summed E-state index contributed by atoms with van der Waals surface area (Å²) in [6.07, 6.45) is 8.55. The summed E-state index contributed by atoms with van der Waals surface area (Å²) in [6, 6.07) is 4.40. The van der Waals surface area contributed by atoms with Crippen LogP contribution in [0.4, 0.5) is 10.3 Å². The first-order chi connectivity index (χ1) is 14.4. The van der Waals surface area contributed by atoms with E-state index in [0.29, 0.717) is 28.7 Å². The molecule has 2 aromatic rings. The molecule has 1 N–H and O–H groups in total. The molecule has 0 amide bonds. The Labute approximate surface area is 180 Å². The zero-order valence-corrected chi connectivity index (χ0v) is 17.4. The van der Waals surface area contributed by atoms with E-state index < -0.39 is 11.8 Å². The fourth-order valence-electron chi connectivity index (χ4n) is 4.73. The number of ether oxygens (including phenoxy) is 1. The van der Waals surface area contributed by atoms with Crippen molar-refractivity contribution in [2.24, 2.45) is 11.3 Å². The molecular weight excluding hydrogens is 409 g/mol. The van der Waals surface area contributed by atoms with E-state index in [-0.39, 0.29) is 12.0 Å². The van der Waals surface area contributed by atoms with Gasteiger partial charge in [-0.3, -0.25) is 4.79 Å². The Hall–Kier alpha value is -2.41. The summed E-state index contributed by atoms with van der Waals surface area (Å²) in [5.74, 6) is 0.215. The number of carbonyl (C=O) groups is 1. The van der Waals surface area contributed by atoms with Gasteiger partial charge in [0.2, 0.25) is 5.95 Å². The van der Waals surface area contributed by atoms with Gasteiger partial charge in [0.1, 0.15) is 11.6 Å². The zero-order chi connectivity index (χ0) is 21.1. The molecule has 1 saturated heterocycles. The largest absolute Gasteiger partial charge is 0.493 e. The van der Waals surface area contributed by atoms with Crippen LogP contribution in [0.3, 0.4) is 0 Å². The Morgan fingerprint density at radius 1 is 1.27 bits per heavy atom. The van der Waals surface area contributed by atoms with Crippen molar-refractivity contribution in [1.29, 1.82) is 0 Å². The van der Waals surface area contributed by atoms with Crippen LogP contribution in [0.2, 0.25) is 5.02 Å². The maximum Gasteiger partial charge on any atom is 0.307 e. The highest BCUT2D eigenvalue weighted by atomic mass is 35.5. The number of nitrogens with zero attached hydrogens (tertiary/aromatic N) is 3. The van der Waals surface area contributed by atoms with Gasteiger partial charge in [-0.25, -0.2) is 14.4 Å². The second-order valence-electron chi connectivity index (χ2n) is 8.25. The van der Waals surface area contributed by atoms with Gasteiger partial charge in [-0.1, -0.05) is 17.7 Å². The molecule has 1 spiro atoms. The predicted octanol–water partition coefficient (Wildman–Crippen LogP) is 4.36. The molecule has 30 heavy (non-hydrogen) atoms. The summed E-state index contributed by atoms with van der Waals surface area (Å²) in [4.78, 5) is 21.6. The molecule has 1 saturated carbocycles. The van der Waals surface area contributed by atoms with Crippen molar-refractivity contribution >= 4 is 23.5 Å². The maximum atomic E-state index is 14.0. The maximum absolute atomic E-state index is 14.0. The first-order valence-electron chi connectivity index (χ1n) is 10.3. The SMILES string of the molecule is O=C(O)Cc1ccc(OCCC2CCC23CCN(c2ncc(Cl)cn2)CC3)cc1F. The van der Waals surface area contributed by atoms with E-state index in [1.165, 1.54) is 25.0 Å². The van der Waals surface area contributed by atoms with Crippen molar-refractivity contribution in [2.45, 2.75) is 38.5 Å². The molecule has 2 heterocycles. The Kier molecular flexibility index (Phi) is 6.09. The normalized spacial score (nSPS) is 20.1. The van der Waals surface area contributed by atoms with Crippen molar-refractivity contribution in [2.75, 3.05) is 24.6 Å². The van der Waals surface area contributed by atoms with Crippen LogP contribution in [-0.4, -0.2) is 40.7 Å². The lowest BCUT2D eigenvalue weighted by atomic mass is 9.55. The number of anilines is 1. The van der Waals surface area contributed by atoms with Gasteiger partial charge in [0.25, 0.3) is 0 Å². The number of hydrogen-bond acceptors (Lipinski definition) is 5. The molecule has 2 aliphatic rings. The molecule has 1 atom stereocenters. The monoisotopic (exact) mass is 433 g/mol. The van der Waals surface area contributed by atoms with Crippen LogP contribution in [0.25, 0.3) is 0 Å². The molecule has 1 aliphatic carbocycles. The molecule has 1 aliphatic heterocycles. The Bertz CT molecular complexity index is 901. The third-order valence-corrected chi connectivity index (χ3v) is 6.80. The van der Waals surface area contributed by atoms with Gasteiger partial charge < -0.3 is 14.7 Å². The summed E-state index contributed by atoms with van der Waals surface area (Å²) in [6.45, 7) is 2.42. The molecule has 0 bridgehead atoms. The molecule has 4 rings (SSSR count). The van der Waals surface area contributed by atoms with Crippen LogP contribution in [-0.2, 0) is 11.2 Å². The Morgan fingerprint density at radius 2 is 2.00 bits per heavy atom. The number of halogens is 2. The highest BCUT2D eigenvalue weighted by Gasteiger charge is 2.47. The summed E-state index contributed by atoms with van der Waals surface area (Å²) in [5.41, 5.74) is 0.535. The molecule has 1 aromatic carbocycles. The molecular formula is C22H25ClFN3O3. The second-order valence-corrected chi connectivity index (χ2v) is 8.68. The van der Waals surface area contributed by atoms with E-state index in [1.54, 1.807) is 18.5 Å². The summed E-state index contributed by atoms with van der Waals surface area (Å²) < 4.78 is 19.8. The number of piperidine rings is 1. The number of rotatable bonds is 7. The number of benzene rings is 1.